The van der Waals surface area contributed by atoms with Crippen LogP contribution in [0.3, 0.4) is 0 Å². The van der Waals surface area contributed by atoms with Gasteiger partial charge < -0.3 is 13.9 Å². The van der Waals surface area contributed by atoms with Crippen molar-refractivity contribution >= 4 is 8.45 Å². The molecule has 0 saturated heterocycles. The van der Waals surface area contributed by atoms with E-state index in [1.165, 1.54) is 5.56 Å². The summed E-state index contributed by atoms with van der Waals surface area (Å²) in [5.41, 5.74) is 1.30. The highest BCUT2D eigenvalue weighted by molar-refractivity contribution is 7.48. The van der Waals surface area contributed by atoms with E-state index in [0.717, 1.165) is 0 Å². The lowest BCUT2D eigenvalue weighted by Gasteiger charge is -2.44. The SMILES string of the molecule is CC(OP1N(C(C)(C)C)C=CN1C(C)(C)C)c1ccccc1. The predicted molar refractivity (Wildman–Crippen MR) is 95.2 cm³/mol. The van der Waals surface area contributed by atoms with Gasteiger partial charge in [0.05, 0.1) is 6.10 Å². The van der Waals surface area contributed by atoms with Crippen LogP contribution in [0.25, 0.3) is 0 Å². The molecule has 122 valence electrons. The summed E-state index contributed by atoms with van der Waals surface area (Å²) in [5, 5.41) is 0. The van der Waals surface area contributed by atoms with Crippen LogP contribution in [0.4, 0.5) is 0 Å². The third-order valence-corrected chi connectivity index (χ3v) is 6.32. The quantitative estimate of drug-likeness (QED) is 0.667. The Morgan fingerprint density at radius 1 is 0.864 bits per heavy atom. The minimum Gasteiger partial charge on any atom is -0.315 e. The molecule has 22 heavy (non-hydrogen) atoms. The highest BCUT2D eigenvalue weighted by Gasteiger charge is 2.41. The highest BCUT2D eigenvalue weighted by Crippen LogP contribution is 2.58. The molecule has 1 unspecified atom stereocenters. The molecule has 0 N–H and O–H groups in total. The van der Waals surface area contributed by atoms with Gasteiger partial charge in [0.25, 0.3) is 0 Å². The summed E-state index contributed by atoms with van der Waals surface area (Å²) < 4.78 is 11.2. The molecular formula is C18H29N2OP. The largest absolute Gasteiger partial charge is 0.315 e. The van der Waals surface area contributed by atoms with E-state index in [1.807, 2.05) is 6.07 Å². The molecule has 0 fully saturated rings. The van der Waals surface area contributed by atoms with Crippen molar-refractivity contribution in [2.45, 2.75) is 65.6 Å². The highest BCUT2D eigenvalue weighted by atomic mass is 31.2. The molecule has 0 saturated carbocycles. The first-order valence-electron chi connectivity index (χ1n) is 7.89. The van der Waals surface area contributed by atoms with Gasteiger partial charge in [0.1, 0.15) is 0 Å². The molecule has 1 atom stereocenters. The Morgan fingerprint density at radius 3 is 1.73 bits per heavy atom. The van der Waals surface area contributed by atoms with Crippen LogP contribution < -0.4 is 0 Å². The maximum atomic E-state index is 6.53. The molecule has 1 aromatic carbocycles. The first kappa shape index (κ1) is 17.3. The summed E-state index contributed by atoms with van der Waals surface area (Å²) in [4.78, 5) is 0. The molecule has 0 radical (unpaired) electrons. The minimum atomic E-state index is -0.856. The van der Waals surface area contributed by atoms with E-state index in [4.69, 9.17) is 4.52 Å². The molecule has 0 aliphatic carbocycles. The third-order valence-electron chi connectivity index (χ3n) is 3.61. The average Bonchev–Trinajstić information content (AvgIpc) is 2.83. The van der Waals surface area contributed by atoms with Crippen molar-refractivity contribution in [3.05, 3.63) is 48.3 Å². The number of nitrogens with zero attached hydrogens (tertiary/aromatic N) is 2. The lowest BCUT2D eigenvalue weighted by Crippen LogP contribution is -2.38. The third kappa shape index (κ3) is 3.83. The number of hydrogen-bond acceptors (Lipinski definition) is 3. The zero-order valence-corrected chi connectivity index (χ0v) is 15.8. The van der Waals surface area contributed by atoms with Crippen LogP contribution >= 0.6 is 8.45 Å². The first-order chi connectivity index (χ1) is 10.1. The molecule has 1 aromatic rings. The van der Waals surface area contributed by atoms with Crippen molar-refractivity contribution in [3.63, 3.8) is 0 Å². The van der Waals surface area contributed by atoms with Gasteiger partial charge in [-0.3, -0.25) is 0 Å². The van der Waals surface area contributed by atoms with Gasteiger partial charge in [-0.1, -0.05) is 30.3 Å². The van der Waals surface area contributed by atoms with E-state index in [9.17, 15) is 0 Å². The van der Waals surface area contributed by atoms with E-state index >= 15 is 0 Å². The molecule has 0 amide bonds. The summed E-state index contributed by atoms with van der Waals surface area (Å²) >= 11 is 0. The molecule has 3 nitrogen and oxygen atoms in total. The summed E-state index contributed by atoms with van der Waals surface area (Å²) in [6.45, 7) is 15.5. The molecule has 1 aliphatic rings. The molecule has 1 heterocycles. The molecule has 4 heteroatoms. The van der Waals surface area contributed by atoms with Gasteiger partial charge in [-0.2, -0.15) is 0 Å². The van der Waals surface area contributed by atoms with E-state index in [1.54, 1.807) is 0 Å². The van der Waals surface area contributed by atoms with Crippen LogP contribution in [0.2, 0.25) is 0 Å². The second-order valence-electron chi connectivity index (χ2n) is 7.74. The van der Waals surface area contributed by atoms with Gasteiger partial charge in [0.15, 0.2) is 0 Å². The lowest BCUT2D eigenvalue weighted by molar-refractivity contribution is 0.183. The van der Waals surface area contributed by atoms with Crippen LogP contribution in [0.5, 0.6) is 0 Å². The van der Waals surface area contributed by atoms with E-state index in [-0.39, 0.29) is 17.2 Å². The number of benzene rings is 1. The van der Waals surface area contributed by atoms with Crippen molar-refractivity contribution in [2.75, 3.05) is 0 Å². The number of hydrogen-bond donors (Lipinski definition) is 0. The van der Waals surface area contributed by atoms with Crippen LogP contribution in [0.1, 0.15) is 60.1 Å². The standard InChI is InChI=1S/C18H29N2OP/c1-15(16-11-9-8-10-12-16)21-22-19(17(2,3)4)13-14-20(22)18(5,6)7/h8-15H,1-7H3. The fraction of sp³-hybridized carbons (Fsp3) is 0.556. The van der Waals surface area contributed by atoms with E-state index in [0.29, 0.717) is 0 Å². The average molecular weight is 320 g/mol. The second kappa shape index (κ2) is 6.22. The van der Waals surface area contributed by atoms with Gasteiger partial charge >= 0.3 is 0 Å². The maximum absolute atomic E-state index is 6.53. The summed E-state index contributed by atoms with van der Waals surface area (Å²) in [6, 6.07) is 10.4. The Hall–Kier alpha value is -1.05. The van der Waals surface area contributed by atoms with Crippen LogP contribution in [-0.2, 0) is 4.52 Å². The minimum absolute atomic E-state index is 0.0403. The molecule has 2 rings (SSSR count). The smallest absolute Gasteiger partial charge is 0.249 e. The zero-order chi connectivity index (χ0) is 16.5. The van der Waals surface area contributed by atoms with Crippen molar-refractivity contribution in [3.8, 4) is 0 Å². The zero-order valence-electron chi connectivity index (χ0n) is 14.9. The fourth-order valence-corrected chi connectivity index (χ4v) is 4.52. The van der Waals surface area contributed by atoms with Crippen LogP contribution in [0.15, 0.2) is 42.7 Å². The molecule has 1 aliphatic heterocycles. The molecular weight excluding hydrogens is 291 g/mol. The van der Waals surface area contributed by atoms with Crippen molar-refractivity contribution in [2.24, 2.45) is 0 Å². The van der Waals surface area contributed by atoms with Gasteiger partial charge in [0.2, 0.25) is 8.45 Å². The van der Waals surface area contributed by atoms with Gasteiger partial charge in [-0.15, -0.1) is 0 Å². The van der Waals surface area contributed by atoms with Gasteiger partial charge in [-0.25, -0.2) is 0 Å². The van der Waals surface area contributed by atoms with Crippen molar-refractivity contribution in [1.82, 2.24) is 9.34 Å². The van der Waals surface area contributed by atoms with Crippen LogP contribution in [0, 0.1) is 0 Å². The monoisotopic (exact) mass is 320 g/mol. The maximum Gasteiger partial charge on any atom is 0.249 e. The number of rotatable bonds is 3. The van der Waals surface area contributed by atoms with Crippen molar-refractivity contribution < 1.29 is 4.52 Å². The fourth-order valence-electron chi connectivity index (χ4n) is 2.33. The Labute approximate surface area is 136 Å². The van der Waals surface area contributed by atoms with Crippen molar-refractivity contribution in [1.29, 1.82) is 0 Å². The van der Waals surface area contributed by atoms with E-state index in [2.05, 4.69) is 94.5 Å². The topological polar surface area (TPSA) is 15.7 Å². The molecule has 0 spiro atoms. The first-order valence-corrected chi connectivity index (χ1v) is 9.06. The van der Waals surface area contributed by atoms with E-state index < -0.39 is 8.45 Å². The summed E-state index contributed by atoms with van der Waals surface area (Å²) in [5.74, 6) is 0. The summed E-state index contributed by atoms with van der Waals surface area (Å²) in [6.07, 6.45) is 4.42. The Morgan fingerprint density at radius 2 is 1.32 bits per heavy atom. The second-order valence-corrected chi connectivity index (χ2v) is 9.32. The van der Waals surface area contributed by atoms with Gasteiger partial charge in [-0.05, 0) is 54.0 Å². The Balaban J connectivity index is 2.23. The molecule has 0 bridgehead atoms. The van der Waals surface area contributed by atoms with Gasteiger partial charge in [0, 0.05) is 23.5 Å². The molecule has 0 aromatic heterocycles. The Bertz CT molecular complexity index is 492. The Kier molecular flexibility index (Phi) is 4.89. The lowest BCUT2D eigenvalue weighted by atomic mass is 10.1. The van der Waals surface area contributed by atoms with Crippen LogP contribution in [-0.4, -0.2) is 20.4 Å². The normalized spacial score (nSPS) is 18.1. The predicted octanol–water partition coefficient (Wildman–Crippen LogP) is 5.68. The summed E-state index contributed by atoms with van der Waals surface area (Å²) in [7, 11) is -0.856.